The van der Waals surface area contributed by atoms with Crippen LogP contribution in [0.15, 0.2) is 11.4 Å². The lowest BCUT2D eigenvalue weighted by atomic mass is 10.2. The van der Waals surface area contributed by atoms with Crippen molar-refractivity contribution in [3.8, 4) is 0 Å². The first-order valence-corrected chi connectivity index (χ1v) is 7.47. The molecule has 3 nitrogen and oxygen atoms in total. The third-order valence-corrected chi connectivity index (χ3v) is 3.52. The molecule has 1 heterocycles. The fourth-order valence-corrected chi connectivity index (χ4v) is 2.35. The molecule has 1 aromatic rings. The van der Waals surface area contributed by atoms with Gasteiger partial charge in [-0.1, -0.05) is 13.8 Å². The SMILES string of the molecule is Cc1ccsc1CNCCOCCOCC(C)C. The van der Waals surface area contributed by atoms with E-state index in [0.717, 1.165) is 26.3 Å². The molecule has 0 spiro atoms. The van der Waals surface area contributed by atoms with E-state index >= 15 is 0 Å². The molecule has 4 heteroatoms. The fourth-order valence-electron chi connectivity index (χ4n) is 1.47. The van der Waals surface area contributed by atoms with Gasteiger partial charge in [-0.15, -0.1) is 11.3 Å². The predicted octanol–water partition coefficient (Wildman–Crippen LogP) is 2.84. The van der Waals surface area contributed by atoms with Crippen LogP contribution in [0.25, 0.3) is 0 Å². The maximum atomic E-state index is 5.48. The molecule has 0 radical (unpaired) electrons. The van der Waals surface area contributed by atoms with E-state index in [1.807, 2.05) is 0 Å². The Morgan fingerprint density at radius 2 is 2.00 bits per heavy atom. The molecular formula is C14H25NO2S. The average Bonchev–Trinajstić information content (AvgIpc) is 2.72. The van der Waals surface area contributed by atoms with Crippen molar-refractivity contribution in [1.29, 1.82) is 0 Å². The number of hydrogen-bond acceptors (Lipinski definition) is 4. The van der Waals surface area contributed by atoms with E-state index in [-0.39, 0.29) is 0 Å². The van der Waals surface area contributed by atoms with Crippen molar-refractivity contribution in [2.24, 2.45) is 5.92 Å². The molecule has 1 rings (SSSR count). The van der Waals surface area contributed by atoms with Crippen LogP contribution < -0.4 is 5.32 Å². The van der Waals surface area contributed by atoms with Crippen molar-refractivity contribution in [1.82, 2.24) is 5.32 Å². The summed E-state index contributed by atoms with van der Waals surface area (Å²) in [6, 6.07) is 2.16. The molecule has 1 aromatic heterocycles. The van der Waals surface area contributed by atoms with Gasteiger partial charge in [-0.3, -0.25) is 0 Å². The van der Waals surface area contributed by atoms with Crippen LogP contribution in [0.4, 0.5) is 0 Å². The molecule has 18 heavy (non-hydrogen) atoms. The number of hydrogen-bond donors (Lipinski definition) is 1. The van der Waals surface area contributed by atoms with Crippen molar-refractivity contribution in [2.75, 3.05) is 33.0 Å². The van der Waals surface area contributed by atoms with E-state index in [2.05, 4.69) is 37.5 Å². The number of ether oxygens (including phenoxy) is 2. The first kappa shape index (κ1) is 15.6. The van der Waals surface area contributed by atoms with Crippen molar-refractivity contribution >= 4 is 11.3 Å². The number of aryl methyl sites for hydroxylation is 1. The van der Waals surface area contributed by atoms with Gasteiger partial charge >= 0.3 is 0 Å². The smallest absolute Gasteiger partial charge is 0.0701 e. The molecule has 0 atom stereocenters. The van der Waals surface area contributed by atoms with E-state index in [0.29, 0.717) is 19.1 Å². The van der Waals surface area contributed by atoms with Gasteiger partial charge in [0.25, 0.3) is 0 Å². The van der Waals surface area contributed by atoms with Crippen LogP contribution in [0, 0.1) is 12.8 Å². The Morgan fingerprint density at radius 3 is 2.67 bits per heavy atom. The predicted molar refractivity (Wildman–Crippen MR) is 77.2 cm³/mol. The first-order valence-electron chi connectivity index (χ1n) is 6.59. The van der Waals surface area contributed by atoms with Gasteiger partial charge in [0, 0.05) is 24.6 Å². The zero-order chi connectivity index (χ0) is 13.2. The highest BCUT2D eigenvalue weighted by Gasteiger charge is 1.98. The normalized spacial score (nSPS) is 11.3. The summed E-state index contributed by atoms with van der Waals surface area (Å²) in [5.41, 5.74) is 1.37. The van der Waals surface area contributed by atoms with Gasteiger partial charge in [0.2, 0.25) is 0 Å². The van der Waals surface area contributed by atoms with Crippen LogP contribution in [0.5, 0.6) is 0 Å². The van der Waals surface area contributed by atoms with E-state index in [1.165, 1.54) is 10.4 Å². The summed E-state index contributed by atoms with van der Waals surface area (Å²) in [7, 11) is 0. The zero-order valence-electron chi connectivity index (χ0n) is 11.7. The zero-order valence-corrected chi connectivity index (χ0v) is 12.5. The topological polar surface area (TPSA) is 30.5 Å². The first-order chi connectivity index (χ1) is 8.70. The second-order valence-corrected chi connectivity index (χ2v) is 5.79. The molecule has 0 unspecified atom stereocenters. The quantitative estimate of drug-likeness (QED) is 0.664. The fraction of sp³-hybridized carbons (Fsp3) is 0.714. The van der Waals surface area contributed by atoms with Crippen LogP contribution in [0.1, 0.15) is 24.3 Å². The highest BCUT2D eigenvalue weighted by Crippen LogP contribution is 2.14. The Bertz CT molecular complexity index is 312. The lowest BCUT2D eigenvalue weighted by molar-refractivity contribution is 0.0387. The van der Waals surface area contributed by atoms with E-state index in [1.54, 1.807) is 11.3 Å². The number of nitrogens with one attached hydrogen (secondary N) is 1. The Morgan fingerprint density at radius 1 is 1.22 bits per heavy atom. The minimum atomic E-state index is 0.598. The minimum Gasteiger partial charge on any atom is -0.379 e. The summed E-state index contributed by atoms with van der Waals surface area (Å²) in [5.74, 6) is 0.598. The standard InChI is InChI=1S/C14H25NO2S/c1-12(2)11-17-8-7-16-6-5-15-10-14-13(3)4-9-18-14/h4,9,12,15H,5-8,10-11H2,1-3H3. The lowest BCUT2D eigenvalue weighted by Gasteiger charge is -2.08. The molecule has 0 aliphatic heterocycles. The summed E-state index contributed by atoms with van der Waals surface area (Å²) < 4.78 is 10.9. The lowest BCUT2D eigenvalue weighted by Crippen LogP contribution is -2.20. The molecule has 0 saturated carbocycles. The summed E-state index contributed by atoms with van der Waals surface area (Å²) in [6.07, 6.45) is 0. The summed E-state index contributed by atoms with van der Waals surface area (Å²) in [4.78, 5) is 1.41. The summed E-state index contributed by atoms with van der Waals surface area (Å²) in [5, 5.41) is 5.52. The van der Waals surface area contributed by atoms with Gasteiger partial charge in [-0.05, 0) is 29.9 Å². The average molecular weight is 271 g/mol. The van der Waals surface area contributed by atoms with Crippen LogP contribution in [-0.4, -0.2) is 33.0 Å². The highest BCUT2D eigenvalue weighted by molar-refractivity contribution is 7.10. The molecule has 0 aliphatic carbocycles. The molecule has 0 bridgehead atoms. The Balaban J connectivity index is 1.86. The van der Waals surface area contributed by atoms with Crippen molar-refractivity contribution < 1.29 is 9.47 Å². The second-order valence-electron chi connectivity index (χ2n) is 4.78. The van der Waals surface area contributed by atoms with Crippen molar-refractivity contribution in [2.45, 2.75) is 27.3 Å². The molecule has 0 aromatic carbocycles. The Labute approximate surface area is 114 Å². The Kier molecular flexibility index (Phi) is 8.25. The van der Waals surface area contributed by atoms with E-state index < -0.39 is 0 Å². The molecule has 0 saturated heterocycles. The number of thiophene rings is 1. The summed E-state index contributed by atoms with van der Waals surface area (Å²) >= 11 is 1.80. The Hall–Kier alpha value is -0.420. The van der Waals surface area contributed by atoms with Gasteiger partial charge < -0.3 is 14.8 Å². The van der Waals surface area contributed by atoms with Crippen LogP contribution in [0.3, 0.4) is 0 Å². The minimum absolute atomic E-state index is 0.598. The van der Waals surface area contributed by atoms with Gasteiger partial charge in [-0.2, -0.15) is 0 Å². The van der Waals surface area contributed by atoms with E-state index in [9.17, 15) is 0 Å². The van der Waals surface area contributed by atoms with Crippen LogP contribution >= 0.6 is 11.3 Å². The molecule has 104 valence electrons. The molecule has 0 fully saturated rings. The third-order valence-electron chi connectivity index (χ3n) is 2.50. The van der Waals surface area contributed by atoms with Crippen molar-refractivity contribution in [3.05, 3.63) is 21.9 Å². The van der Waals surface area contributed by atoms with Gasteiger partial charge in [0.1, 0.15) is 0 Å². The summed E-state index contributed by atoms with van der Waals surface area (Å²) in [6.45, 7) is 11.2. The van der Waals surface area contributed by atoms with Crippen LogP contribution in [-0.2, 0) is 16.0 Å². The maximum absolute atomic E-state index is 5.48. The van der Waals surface area contributed by atoms with Gasteiger partial charge in [-0.25, -0.2) is 0 Å². The third kappa shape index (κ3) is 7.11. The largest absolute Gasteiger partial charge is 0.379 e. The molecule has 0 amide bonds. The number of rotatable bonds is 10. The van der Waals surface area contributed by atoms with E-state index in [4.69, 9.17) is 9.47 Å². The van der Waals surface area contributed by atoms with Crippen LogP contribution in [0.2, 0.25) is 0 Å². The molecular weight excluding hydrogens is 246 g/mol. The van der Waals surface area contributed by atoms with Gasteiger partial charge in [0.05, 0.1) is 19.8 Å². The highest BCUT2D eigenvalue weighted by atomic mass is 32.1. The van der Waals surface area contributed by atoms with Gasteiger partial charge in [0.15, 0.2) is 0 Å². The van der Waals surface area contributed by atoms with Crippen molar-refractivity contribution in [3.63, 3.8) is 0 Å². The maximum Gasteiger partial charge on any atom is 0.0701 e. The molecule has 0 aliphatic rings. The molecule has 1 N–H and O–H groups in total. The monoisotopic (exact) mass is 271 g/mol. The second kappa shape index (κ2) is 9.50.